The normalized spacial score (nSPS) is 34.9. The molecule has 8 heteroatoms. The number of carboxylic acids is 1. The zero-order valence-electron chi connectivity index (χ0n) is 12.5. The van der Waals surface area contributed by atoms with Crippen LogP contribution in [-0.4, -0.2) is 75.2 Å². The van der Waals surface area contributed by atoms with Crippen molar-refractivity contribution < 1.29 is 24.2 Å². The molecule has 7 nitrogen and oxygen atoms in total. The van der Waals surface area contributed by atoms with Crippen LogP contribution in [0.3, 0.4) is 0 Å². The van der Waals surface area contributed by atoms with Gasteiger partial charge in [0.05, 0.1) is 24.0 Å². The van der Waals surface area contributed by atoms with Gasteiger partial charge < -0.3 is 19.6 Å². The van der Waals surface area contributed by atoms with Crippen LogP contribution < -0.4 is 0 Å². The maximum atomic E-state index is 12.8. The maximum absolute atomic E-state index is 12.8. The number of nitrogens with zero attached hydrogens (tertiary/aromatic N) is 2. The monoisotopic (exact) mass is 328 g/mol. The third-order valence-electron chi connectivity index (χ3n) is 4.58. The molecule has 0 aromatic carbocycles. The summed E-state index contributed by atoms with van der Waals surface area (Å²) in [4.78, 5) is 38.8. The lowest BCUT2D eigenvalue weighted by molar-refractivity contribution is -0.152. The van der Waals surface area contributed by atoms with Gasteiger partial charge in [-0.3, -0.25) is 14.4 Å². The van der Waals surface area contributed by atoms with E-state index < -0.39 is 18.1 Å². The van der Waals surface area contributed by atoms with Crippen LogP contribution in [-0.2, 0) is 19.1 Å². The quantitative estimate of drug-likeness (QED) is 0.793. The fourth-order valence-corrected chi connectivity index (χ4v) is 4.88. The van der Waals surface area contributed by atoms with Crippen molar-refractivity contribution in [1.82, 2.24) is 9.80 Å². The van der Waals surface area contributed by atoms with E-state index in [0.717, 1.165) is 6.42 Å². The van der Waals surface area contributed by atoms with Gasteiger partial charge in [0, 0.05) is 25.3 Å². The van der Waals surface area contributed by atoms with E-state index in [1.807, 2.05) is 6.92 Å². The number of hydrogen-bond acceptors (Lipinski definition) is 5. The fourth-order valence-electron chi connectivity index (χ4n) is 3.45. The van der Waals surface area contributed by atoms with E-state index in [1.165, 1.54) is 0 Å². The Morgan fingerprint density at radius 2 is 2.27 bits per heavy atom. The second-order valence-corrected chi connectivity index (χ2v) is 7.64. The number of hydrogen-bond donors (Lipinski definition) is 1. The van der Waals surface area contributed by atoms with Crippen molar-refractivity contribution in [3.63, 3.8) is 0 Å². The van der Waals surface area contributed by atoms with E-state index in [9.17, 15) is 14.4 Å². The largest absolute Gasteiger partial charge is 0.481 e. The van der Waals surface area contributed by atoms with Crippen LogP contribution in [0.1, 0.15) is 26.2 Å². The van der Waals surface area contributed by atoms with Crippen LogP contribution in [0, 0.1) is 0 Å². The van der Waals surface area contributed by atoms with Gasteiger partial charge in [-0.05, 0) is 13.3 Å². The molecule has 0 unspecified atom stereocenters. The van der Waals surface area contributed by atoms with Crippen LogP contribution >= 0.6 is 11.8 Å². The molecule has 3 atom stereocenters. The summed E-state index contributed by atoms with van der Waals surface area (Å²) in [6.07, 6.45) is 0.706. The van der Waals surface area contributed by atoms with Crippen molar-refractivity contribution in [3.8, 4) is 0 Å². The number of carbonyl (C=O) groups is 3. The molecule has 0 aliphatic carbocycles. The molecule has 3 aliphatic rings. The number of carboxylic acid groups (broad SMARTS) is 1. The molecule has 22 heavy (non-hydrogen) atoms. The molecule has 0 radical (unpaired) electrons. The van der Waals surface area contributed by atoms with Crippen molar-refractivity contribution in [2.45, 2.75) is 43.2 Å². The molecule has 122 valence electrons. The SMILES string of the molecule is C[C@]12CCC(=O)N1[C@H](C(=O)N1CCO[C@@H](CC(=O)O)C1)CS2. The summed E-state index contributed by atoms with van der Waals surface area (Å²) in [7, 11) is 0. The number of morpholine rings is 1. The first kappa shape index (κ1) is 15.6. The van der Waals surface area contributed by atoms with E-state index in [1.54, 1.807) is 21.6 Å². The smallest absolute Gasteiger partial charge is 0.306 e. The van der Waals surface area contributed by atoms with Crippen LogP contribution in [0.4, 0.5) is 0 Å². The van der Waals surface area contributed by atoms with Gasteiger partial charge in [-0.1, -0.05) is 0 Å². The topological polar surface area (TPSA) is 87.2 Å². The van der Waals surface area contributed by atoms with Crippen molar-refractivity contribution in [1.29, 1.82) is 0 Å². The molecular weight excluding hydrogens is 308 g/mol. The molecular formula is C14H20N2O5S. The Labute approximate surface area is 133 Å². The minimum absolute atomic E-state index is 0.0428. The molecule has 0 aromatic heterocycles. The minimum Gasteiger partial charge on any atom is -0.481 e. The predicted octanol–water partition coefficient (Wildman–Crippen LogP) is 0.143. The third-order valence-corrected chi connectivity index (χ3v) is 6.09. The van der Waals surface area contributed by atoms with Crippen molar-refractivity contribution in [2.75, 3.05) is 25.4 Å². The van der Waals surface area contributed by atoms with Gasteiger partial charge in [0.15, 0.2) is 0 Å². The molecule has 1 N–H and O–H groups in total. The number of aliphatic carboxylic acids is 1. The number of ether oxygens (including phenoxy) is 1. The summed E-state index contributed by atoms with van der Waals surface area (Å²) >= 11 is 1.66. The van der Waals surface area contributed by atoms with E-state index in [0.29, 0.717) is 25.3 Å². The van der Waals surface area contributed by atoms with E-state index >= 15 is 0 Å². The van der Waals surface area contributed by atoms with E-state index in [2.05, 4.69) is 0 Å². The second kappa shape index (κ2) is 5.73. The Morgan fingerprint density at radius 1 is 1.50 bits per heavy atom. The molecule has 2 amide bonds. The number of amides is 2. The van der Waals surface area contributed by atoms with Gasteiger partial charge in [-0.25, -0.2) is 0 Å². The average molecular weight is 328 g/mol. The summed E-state index contributed by atoms with van der Waals surface area (Å²) in [6, 6.07) is -0.423. The Hall–Kier alpha value is -1.28. The molecule has 3 saturated heterocycles. The van der Waals surface area contributed by atoms with Crippen LogP contribution in [0.2, 0.25) is 0 Å². The molecule has 0 aromatic rings. The Bertz CT molecular complexity index is 513. The zero-order valence-corrected chi connectivity index (χ0v) is 13.3. The number of fused-ring (bicyclic) bond motifs is 1. The summed E-state index contributed by atoms with van der Waals surface area (Å²) in [6.45, 7) is 3.09. The molecule has 3 heterocycles. The lowest BCUT2D eigenvalue weighted by Gasteiger charge is -2.36. The molecule has 3 fully saturated rings. The highest BCUT2D eigenvalue weighted by atomic mass is 32.2. The van der Waals surface area contributed by atoms with E-state index in [4.69, 9.17) is 9.84 Å². The van der Waals surface area contributed by atoms with Crippen LogP contribution in [0.5, 0.6) is 0 Å². The summed E-state index contributed by atoms with van der Waals surface area (Å²) in [5, 5.41) is 8.85. The molecule has 0 bridgehead atoms. The summed E-state index contributed by atoms with van der Waals surface area (Å²) in [5.41, 5.74) is 0. The van der Waals surface area contributed by atoms with Crippen molar-refractivity contribution in [2.24, 2.45) is 0 Å². The van der Waals surface area contributed by atoms with Gasteiger partial charge in [-0.2, -0.15) is 0 Å². The Kier molecular flexibility index (Phi) is 4.07. The maximum Gasteiger partial charge on any atom is 0.306 e. The van der Waals surface area contributed by atoms with Crippen molar-refractivity contribution >= 4 is 29.5 Å². The molecule has 0 saturated carbocycles. The standard InChI is InChI=1S/C14H20N2O5S/c1-14-3-2-11(17)16(14)10(8-22-14)13(20)15-4-5-21-9(7-15)6-12(18)19/h9-10H,2-8H2,1H3,(H,18,19)/t9-,10-,14-/m0/s1. The first-order valence-electron chi connectivity index (χ1n) is 7.49. The van der Waals surface area contributed by atoms with Gasteiger partial charge in [0.2, 0.25) is 11.8 Å². The summed E-state index contributed by atoms with van der Waals surface area (Å²) < 4.78 is 5.40. The molecule has 3 aliphatic heterocycles. The first-order chi connectivity index (χ1) is 10.4. The average Bonchev–Trinajstić information content (AvgIpc) is 2.95. The highest BCUT2D eigenvalue weighted by Crippen LogP contribution is 2.47. The Balaban J connectivity index is 1.69. The number of thioether (sulfide) groups is 1. The second-order valence-electron chi connectivity index (χ2n) is 6.14. The van der Waals surface area contributed by atoms with E-state index in [-0.39, 0.29) is 29.7 Å². The Morgan fingerprint density at radius 3 is 3.00 bits per heavy atom. The van der Waals surface area contributed by atoms with Gasteiger partial charge >= 0.3 is 5.97 Å². The highest BCUT2D eigenvalue weighted by Gasteiger charge is 2.53. The van der Waals surface area contributed by atoms with Crippen LogP contribution in [0.15, 0.2) is 0 Å². The van der Waals surface area contributed by atoms with Gasteiger partial charge in [0.25, 0.3) is 0 Å². The van der Waals surface area contributed by atoms with Crippen molar-refractivity contribution in [3.05, 3.63) is 0 Å². The predicted molar refractivity (Wildman–Crippen MR) is 79.3 cm³/mol. The third kappa shape index (κ3) is 2.69. The fraction of sp³-hybridized carbons (Fsp3) is 0.786. The number of carbonyl (C=O) groups excluding carboxylic acids is 2. The lowest BCUT2D eigenvalue weighted by atomic mass is 10.1. The zero-order chi connectivity index (χ0) is 15.9. The molecule has 3 rings (SSSR count). The highest BCUT2D eigenvalue weighted by molar-refractivity contribution is 8.01. The number of rotatable bonds is 3. The van der Waals surface area contributed by atoms with Gasteiger partial charge in [-0.15, -0.1) is 11.8 Å². The van der Waals surface area contributed by atoms with Gasteiger partial charge in [0.1, 0.15) is 6.04 Å². The first-order valence-corrected chi connectivity index (χ1v) is 8.47. The lowest BCUT2D eigenvalue weighted by Crippen LogP contribution is -2.55. The van der Waals surface area contributed by atoms with Crippen LogP contribution in [0.25, 0.3) is 0 Å². The summed E-state index contributed by atoms with van der Waals surface area (Å²) in [5.74, 6) is -0.355. The molecule has 0 spiro atoms. The minimum atomic E-state index is -0.932.